The second kappa shape index (κ2) is 19.0. The van der Waals surface area contributed by atoms with Crippen molar-refractivity contribution in [2.24, 2.45) is 0 Å². The van der Waals surface area contributed by atoms with E-state index in [9.17, 15) is 22.6 Å². The van der Waals surface area contributed by atoms with E-state index in [1.165, 1.54) is 64.0 Å². The Labute approximate surface area is 241 Å². The fourth-order valence-electron chi connectivity index (χ4n) is 3.21. The zero-order chi connectivity index (χ0) is 23.8. The number of hydrogen-bond donors (Lipinski definition) is 0. The summed E-state index contributed by atoms with van der Waals surface area (Å²) in [4.78, 5) is 24.7. The van der Waals surface area contributed by atoms with Gasteiger partial charge in [-0.3, -0.25) is 0 Å². The number of hydrogen-bond acceptors (Lipinski definition) is 7. The van der Waals surface area contributed by atoms with Crippen LogP contribution in [0, 0.1) is 0 Å². The maximum Gasteiger partial charge on any atom is 1.00 e. The molecule has 0 heterocycles. The molecule has 0 bridgehead atoms. The Balaban J connectivity index is 0.0000102. The fourth-order valence-corrected chi connectivity index (χ4v) is 3.60. The molecule has 0 aliphatic carbocycles. The minimum atomic E-state index is -4.43. The number of ether oxygens (including phenoxy) is 2. The first kappa shape index (κ1) is 32.7. The van der Waals surface area contributed by atoms with E-state index in [1.54, 1.807) is 12.1 Å². The molecular weight excluding hydrogens is 471 g/mol. The molecule has 0 N–H and O–H groups in total. The van der Waals surface area contributed by atoms with E-state index in [4.69, 9.17) is 9.47 Å². The molecule has 0 aliphatic rings. The van der Waals surface area contributed by atoms with Gasteiger partial charge in [0.1, 0.15) is 0 Å². The Kier molecular flexibility index (Phi) is 18.8. The molecular formula is C24H37KO7S. The van der Waals surface area contributed by atoms with Crippen LogP contribution in [0.4, 0.5) is 0 Å². The Morgan fingerprint density at radius 2 is 1.24 bits per heavy atom. The van der Waals surface area contributed by atoms with Gasteiger partial charge >= 0.3 is 63.3 Å². The van der Waals surface area contributed by atoms with Gasteiger partial charge in [-0.25, -0.2) is 18.0 Å². The number of rotatable bonds is 17. The normalized spacial score (nSPS) is 12.0. The van der Waals surface area contributed by atoms with Crippen LogP contribution in [-0.4, -0.2) is 43.4 Å². The molecule has 1 unspecified atom stereocenters. The Bertz CT molecular complexity index is 796. The Hall–Kier alpha value is -0.294. The van der Waals surface area contributed by atoms with Crippen molar-refractivity contribution in [3.8, 4) is 0 Å². The van der Waals surface area contributed by atoms with Crippen LogP contribution < -0.4 is 51.4 Å². The number of carbonyl (C=O) groups excluding carboxylic acids is 2. The van der Waals surface area contributed by atoms with Crippen molar-refractivity contribution < 1.29 is 83.4 Å². The van der Waals surface area contributed by atoms with Gasteiger partial charge in [0.15, 0.2) is 0 Å². The van der Waals surface area contributed by atoms with Crippen molar-refractivity contribution in [2.75, 3.05) is 13.2 Å². The van der Waals surface area contributed by atoms with Crippen LogP contribution in [0.15, 0.2) is 24.3 Å². The summed E-state index contributed by atoms with van der Waals surface area (Å²) in [6.07, 6.45) is 11.7. The third kappa shape index (κ3) is 14.6. The molecule has 0 saturated carbocycles. The minimum Gasteiger partial charge on any atom is -0.748 e. The maximum atomic E-state index is 12.4. The number of unbranched alkanes of at least 4 members (excludes halogenated alkanes) is 9. The van der Waals surface area contributed by atoms with Crippen molar-refractivity contribution in [1.82, 2.24) is 0 Å². The topological polar surface area (TPSA) is 110 Å². The van der Waals surface area contributed by atoms with Gasteiger partial charge in [0.05, 0.1) is 34.5 Å². The van der Waals surface area contributed by atoms with Crippen molar-refractivity contribution in [3.63, 3.8) is 0 Å². The van der Waals surface area contributed by atoms with E-state index in [0.29, 0.717) is 0 Å². The van der Waals surface area contributed by atoms with Crippen LogP contribution in [-0.2, 0) is 19.6 Å². The molecule has 7 nitrogen and oxygen atoms in total. The largest absolute Gasteiger partial charge is 1.00 e. The molecule has 0 fully saturated rings. The van der Waals surface area contributed by atoms with Crippen LogP contribution in [0.2, 0.25) is 0 Å². The Morgan fingerprint density at radius 3 is 1.70 bits per heavy atom. The third-order valence-electron chi connectivity index (χ3n) is 5.35. The van der Waals surface area contributed by atoms with Gasteiger partial charge in [0.2, 0.25) is 0 Å². The van der Waals surface area contributed by atoms with Gasteiger partial charge in [-0.05, 0) is 31.9 Å². The van der Waals surface area contributed by atoms with Crippen molar-refractivity contribution in [1.29, 1.82) is 0 Å². The molecule has 1 atom stereocenters. The molecule has 0 radical (unpaired) electrons. The SMILES string of the molecule is CCCCCCCCCCCCOC(=O)c1ccccc1C(=O)OCCC(C)S(=O)(=O)[O-].[K+]. The molecule has 1 rings (SSSR count). The summed E-state index contributed by atoms with van der Waals surface area (Å²) in [5, 5.41) is -1.16. The first-order chi connectivity index (χ1) is 15.3. The second-order valence-electron chi connectivity index (χ2n) is 8.09. The quantitative estimate of drug-likeness (QED) is 0.137. The Morgan fingerprint density at radius 1 is 0.818 bits per heavy atom. The van der Waals surface area contributed by atoms with E-state index < -0.39 is 27.3 Å². The zero-order valence-corrected chi connectivity index (χ0v) is 24.3. The predicted octanol–water partition coefficient (Wildman–Crippen LogP) is 2.25. The van der Waals surface area contributed by atoms with Gasteiger partial charge in [-0.15, -0.1) is 0 Å². The van der Waals surface area contributed by atoms with Gasteiger partial charge in [-0.1, -0.05) is 76.8 Å². The van der Waals surface area contributed by atoms with E-state index in [2.05, 4.69) is 6.92 Å². The molecule has 0 aromatic heterocycles. The summed E-state index contributed by atoms with van der Waals surface area (Å²) in [5.74, 6) is -1.35. The van der Waals surface area contributed by atoms with E-state index >= 15 is 0 Å². The average Bonchev–Trinajstić information content (AvgIpc) is 2.76. The molecule has 0 amide bonds. The zero-order valence-electron chi connectivity index (χ0n) is 20.3. The molecule has 1 aromatic rings. The molecule has 0 spiro atoms. The summed E-state index contributed by atoms with van der Waals surface area (Å²) in [6, 6.07) is 6.16. The minimum absolute atomic E-state index is 0. The van der Waals surface area contributed by atoms with Crippen LogP contribution in [0.25, 0.3) is 0 Å². The smallest absolute Gasteiger partial charge is 0.748 e. The van der Waals surface area contributed by atoms with Crippen LogP contribution >= 0.6 is 0 Å². The monoisotopic (exact) mass is 508 g/mol. The van der Waals surface area contributed by atoms with Crippen molar-refractivity contribution in [3.05, 3.63) is 35.4 Å². The molecule has 182 valence electrons. The summed E-state index contributed by atoms with van der Waals surface area (Å²) in [7, 11) is -4.43. The van der Waals surface area contributed by atoms with Crippen molar-refractivity contribution in [2.45, 2.75) is 89.7 Å². The van der Waals surface area contributed by atoms with Gasteiger partial charge < -0.3 is 14.0 Å². The van der Waals surface area contributed by atoms with Crippen molar-refractivity contribution >= 4 is 22.1 Å². The predicted molar refractivity (Wildman–Crippen MR) is 123 cm³/mol. The summed E-state index contributed by atoms with van der Waals surface area (Å²) < 4.78 is 43.1. The standard InChI is InChI=1S/C24H38O7S.K/c1-3-4-5-6-7-8-9-10-11-14-18-30-23(25)21-15-12-13-16-22(21)24(26)31-19-17-20(2)32(27,28)29;/h12-13,15-16,20H,3-11,14,17-19H2,1-2H3,(H,27,28,29);/q;+1/p-1. The maximum absolute atomic E-state index is 12.4. The van der Waals surface area contributed by atoms with Gasteiger partial charge in [0.25, 0.3) is 0 Å². The first-order valence-corrected chi connectivity index (χ1v) is 13.1. The third-order valence-corrected chi connectivity index (χ3v) is 6.57. The molecule has 33 heavy (non-hydrogen) atoms. The molecule has 9 heteroatoms. The number of carbonyl (C=O) groups is 2. The molecule has 0 saturated heterocycles. The average molecular weight is 509 g/mol. The van der Waals surface area contributed by atoms with Gasteiger partial charge in [0, 0.05) is 5.25 Å². The number of esters is 2. The van der Waals surface area contributed by atoms with E-state index in [-0.39, 0.29) is 82.1 Å². The molecule has 1 aromatic carbocycles. The molecule has 0 aliphatic heterocycles. The summed E-state index contributed by atoms with van der Waals surface area (Å²) in [5.41, 5.74) is 0.160. The first-order valence-electron chi connectivity index (χ1n) is 11.6. The summed E-state index contributed by atoms with van der Waals surface area (Å²) in [6.45, 7) is 3.53. The van der Waals surface area contributed by atoms with Gasteiger partial charge in [-0.2, -0.15) is 0 Å². The summed E-state index contributed by atoms with van der Waals surface area (Å²) >= 11 is 0. The van der Waals surface area contributed by atoms with E-state index in [0.717, 1.165) is 19.3 Å². The van der Waals surface area contributed by atoms with Crippen LogP contribution in [0.1, 0.15) is 105 Å². The second-order valence-corrected chi connectivity index (χ2v) is 9.88. The van der Waals surface area contributed by atoms with Crippen LogP contribution in [0.3, 0.4) is 0 Å². The number of benzene rings is 1. The van der Waals surface area contributed by atoms with E-state index in [1.807, 2.05) is 0 Å². The van der Waals surface area contributed by atoms with Crippen LogP contribution in [0.5, 0.6) is 0 Å². The fraction of sp³-hybridized carbons (Fsp3) is 0.667.